The van der Waals surface area contributed by atoms with Crippen LogP contribution in [0.1, 0.15) is 28.5 Å². The van der Waals surface area contributed by atoms with Crippen LogP contribution in [0.15, 0.2) is 24.3 Å². The third-order valence-corrected chi connectivity index (χ3v) is 5.46. The summed E-state index contributed by atoms with van der Waals surface area (Å²) in [5.74, 6) is -2.62. The quantitative estimate of drug-likeness (QED) is 0.761. The van der Waals surface area contributed by atoms with Gasteiger partial charge in [-0.25, -0.2) is 13.6 Å². The fourth-order valence-corrected chi connectivity index (χ4v) is 4.17. The normalized spacial score (nSPS) is 13.1. The molecular weight excluding hydrogens is 400 g/mol. The molecule has 1 aromatic carbocycles. The maximum atomic E-state index is 13.7. The molecule has 2 aromatic rings. The Balaban J connectivity index is 1.76. The Morgan fingerprint density at radius 1 is 1.41 bits per heavy atom. The maximum absolute atomic E-state index is 13.7. The summed E-state index contributed by atoms with van der Waals surface area (Å²) >= 11 is 1.21. The average Bonchev–Trinajstić information content (AvgIpc) is 3.05. The molecule has 0 unspecified atom stereocenters. The van der Waals surface area contributed by atoms with Crippen molar-refractivity contribution in [2.75, 3.05) is 18.5 Å². The molecule has 0 aliphatic carbocycles. The number of carbonyl (C=O) groups excluding carboxylic acids is 2. The van der Waals surface area contributed by atoms with Crippen LogP contribution in [-0.2, 0) is 22.5 Å². The molecule has 0 saturated carbocycles. The van der Waals surface area contributed by atoms with Crippen LogP contribution >= 0.6 is 11.3 Å². The number of carbonyl (C=O) groups is 2. The molecule has 3 rings (SSSR count). The van der Waals surface area contributed by atoms with Crippen molar-refractivity contribution < 1.29 is 23.1 Å². The van der Waals surface area contributed by atoms with E-state index in [2.05, 4.69) is 11.4 Å². The zero-order chi connectivity index (χ0) is 21.0. The summed E-state index contributed by atoms with van der Waals surface area (Å²) < 4.78 is 31.9. The Labute approximate surface area is 170 Å². The van der Waals surface area contributed by atoms with Crippen LogP contribution in [0.3, 0.4) is 0 Å². The summed E-state index contributed by atoms with van der Waals surface area (Å²) in [7, 11) is 0. The number of fused-ring (bicyclic) bond motifs is 1. The Morgan fingerprint density at radius 3 is 2.93 bits per heavy atom. The van der Waals surface area contributed by atoms with Crippen molar-refractivity contribution in [1.82, 2.24) is 4.90 Å². The van der Waals surface area contributed by atoms with Crippen LogP contribution < -0.4 is 5.32 Å². The van der Waals surface area contributed by atoms with Crippen molar-refractivity contribution in [3.05, 3.63) is 57.5 Å². The largest absolute Gasteiger partial charge is 0.450 e. The number of hydrogen-bond acceptors (Lipinski definition) is 5. The first-order valence-corrected chi connectivity index (χ1v) is 9.65. The molecule has 0 fully saturated rings. The van der Waals surface area contributed by atoms with Gasteiger partial charge in [0, 0.05) is 23.1 Å². The van der Waals surface area contributed by atoms with Crippen molar-refractivity contribution in [2.45, 2.75) is 19.9 Å². The lowest BCUT2D eigenvalue weighted by Crippen LogP contribution is -2.35. The topological polar surface area (TPSA) is 82.4 Å². The third-order valence-electron chi connectivity index (χ3n) is 4.33. The number of halogens is 2. The van der Waals surface area contributed by atoms with E-state index in [1.54, 1.807) is 11.8 Å². The van der Waals surface area contributed by atoms with Gasteiger partial charge in [-0.2, -0.15) is 5.26 Å². The van der Waals surface area contributed by atoms with Gasteiger partial charge in [-0.05, 0) is 31.1 Å². The first-order valence-electron chi connectivity index (χ1n) is 8.84. The first-order chi connectivity index (χ1) is 13.9. The number of nitrogens with zero attached hydrogens (tertiary/aromatic N) is 2. The van der Waals surface area contributed by atoms with Gasteiger partial charge in [0.25, 0.3) is 0 Å². The minimum atomic E-state index is -1.04. The van der Waals surface area contributed by atoms with Crippen LogP contribution in [0.5, 0.6) is 0 Å². The standard InChI is InChI=1S/C20H17F2N3O3S/c1-2-28-20(27)25-9-8-13-14(10-23)19(29-16(13)11-25)24-17(26)7-6-12-4-3-5-15(21)18(12)22/h3-7H,2,8-9,11H2,1H3,(H,24,26)/b7-6+. The maximum Gasteiger partial charge on any atom is 0.410 e. The Hall–Kier alpha value is -3.25. The van der Waals surface area contributed by atoms with Crippen LogP contribution in [0.2, 0.25) is 0 Å². The molecule has 0 radical (unpaired) electrons. The highest BCUT2D eigenvalue weighted by Crippen LogP contribution is 2.36. The predicted octanol–water partition coefficient (Wildman–Crippen LogP) is 4.06. The molecule has 2 amide bonds. The van der Waals surface area contributed by atoms with Crippen LogP contribution in [-0.4, -0.2) is 30.1 Å². The van der Waals surface area contributed by atoms with Gasteiger partial charge in [-0.15, -0.1) is 11.3 Å². The lowest BCUT2D eigenvalue weighted by Gasteiger charge is -2.25. The Kier molecular flexibility index (Phi) is 6.24. The fourth-order valence-electron chi connectivity index (χ4n) is 2.95. The van der Waals surface area contributed by atoms with Gasteiger partial charge in [-0.3, -0.25) is 4.79 Å². The second-order valence-corrected chi connectivity index (χ2v) is 7.26. The van der Waals surface area contributed by atoms with Gasteiger partial charge >= 0.3 is 6.09 Å². The number of ether oxygens (including phenoxy) is 1. The number of rotatable bonds is 4. The third kappa shape index (κ3) is 4.43. The molecule has 1 N–H and O–H groups in total. The summed E-state index contributed by atoms with van der Waals surface area (Å²) in [6.07, 6.45) is 2.29. The molecule has 0 spiro atoms. The van der Waals surface area contributed by atoms with E-state index in [4.69, 9.17) is 4.74 Å². The van der Waals surface area contributed by atoms with Crippen LogP contribution in [0, 0.1) is 23.0 Å². The van der Waals surface area contributed by atoms with Gasteiger partial charge in [0.05, 0.1) is 18.7 Å². The molecule has 0 saturated heterocycles. The second kappa shape index (κ2) is 8.84. The fraction of sp³-hybridized carbons (Fsp3) is 0.250. The molecule has 1 aliphatic heterocycles. The highest BCUT2D eigenvalue weighted by Gasteiger charge is 2.27. The van der Waals surface area contributed by atoms with Crippen molar-refractivity contribution in [3.63, 3.8) is 0 Å². The molecule has 0 atom stereocenters. The molecule has 6 nitrogen and oxygen atoms in total. The number of thiophene rings is 1. The van der Waals surface area contributed by atoms with E-state index in [0.29, 0.717) is 30.1 Å². The number of anilines is 1. The molecule has 150 valence electrons. The minimum absolute atomic E-state index is 0.0591. The molecule has 2 heterocycles. The number of nitriles is 1. The van der Waals surface area contributed by atoms with E-state index in [1.807, 2.05) is 0 Å². The zero-order valence-electron chi connectivity index (χ0n) is 15.5. The Morgan fingerprint density at radius 2 is 2.21 bits per heavy atom. The van der Waals surface area contributed by atoms with Gasteiger partial charge in [0.1, 0.15) is 11.1 Å². The van der Waals surface area contributed by atoms with Gasteiger partial charge in [0.15, 0.2) is 11.6 Å². The highest BCUT2D eigenvalue weighted by molar-refractivity contribution is 7.16. The minimum Gasteiger partial charge on any atom is -0.450 e. The van der Waals surface area contributed by atoms with E-state index in [-0.39, 0.29) is 12.2 Å². The smallest absolute Gasteiger partial charge is 0.410 e. The first kappa shape index (κ1) is 20.5. The van der Waals surface area contributed by atoms with E-state index in [0.717, 1.165) is 28.7 Å². The SMILES string of the molecule is CCOC(=O)N1CCc2c(sc(NC(=O)/C=C/c3cccc(F)c3F)c2C#N)C1. The highest BCUT2D eigenvalue weighted by atomic mass is 32.1. The zero-order valence-corrected chi connectivity index (χ0v) is 16.3. The van der Waals surface area contributed by atoms with Gasteiger partial charge in [0.2, 0.25) is 5.91 Å². The molecule has 9 heteroatoms. The van der Waals surface area contributed by atoms with Crippen molar-refractivity contribution in [2.24, 2.45) is 0 Å². The summed E-state index contributed by atoms with van der Waals surface area (Å²) in [4.78, 5) is 26.5. The number of hydrogen-bond donors (Lipinski definition) is 1. The molecule has 1 aromatic heterocycles. The summed E-state index contributed by atoms with van der Waals surface area (Å²) in [5.41, 5.74) is 1.09. The van der Waals surface area contributed by atoms with Crippen LogP contribution in [0.4, 0.5) is 18.6 Å². The lowest BCUT2D eigenvalue weighted by atomic mass is 10.0. The van der Waals surface area contributed by atoms with Gasteiger partial charge < -0.3 is 15.0 Å². The summed E-state index contributed by atoms with van der Waals surface area (Å²) in [6.45, 7) is 2.72. The second-order valence-electron chi connectivity index (χ2n) is 6.16. The summed E-state index contributed by atoms with van der Waals surface area (Å²) in [5, 5.41) is 12.5. The van der Waals surface area contributed by atoms with E-state index >= 15 is 0 Å². The summed E-state index contributed by atoms with van der Waals surface area (Å²) in [6, 6.07) is 5.77. The van der Waals surface area contributed by atoms with Crippen molar-refractivity contribution in [1.29, 1.82) is 5.26 Å². The monoisotopic (exact) mass is 417 g/mol. The number of nitrogens with one attached hydrogen (secondary N) is 1. The Bertz CT molecular complexity index is 1030. The number of benzene rings is 1. The van der Waals surface area contributed by atoms with E-state index in [9.17, 15) is 23.6 Å². The van der Waals surface area contributed by atoms with Gasteiger partial charge in [-0.1, -0.05) is 12.1 Å². The molecule has 29 heavy (non-hydrogen) atoms. The van der Waals surface area contributed by atoms with Crippen molar-refractivity contribution >= 4 is 34.4 Å². The van der Waals surface area contributed by atoms with Crippen molar-refractivity contribution in [3.8, 4) is 6.07 Å². The van der Waals surface area contributed by atoms with E-state index in [1.165, 1.54) is 23.5 Å². The average molecular weight is 417 g/mol. The van der Waals surface area contributed by atoms with E-state index < -0.39 is 23.6 Å². The van der Waals surface area contributed by atoms with Crippen LogP contribution in [0.25, 0.3) is 6.08 Å². The number of amides is 2. The molecule has 1 aliphatic rings. The molecule has 0 bridgehead atoms. The lowest BCUT2D eigenvalue weighted by molar-refractivity contribution is -0.111. The predicted molar refractivity (Wildman–Crippen MR) is 104 cm³/mol. The molecular formula is C20H17F2N3O3S.